The van der Waals surface area contributed by atoms with Crippen molar-refractivity contribution in [3.8, 4) is 11.1 Å². The molecule has 106 heavy (non-hydrogen) atoms. The molecule has 0 spiro atoms. The van der Waals surface area contributed by atoms with Gasteiger partial charge >= 0.3 is 30.0 Å². The van der Waals surface area contributed by atoms with Crippen LogP contribution < -0.4 is 71.2 Å². The van der Waals surface area contributed by atoms with E-state index in [1.807, 2.05) is 89.2 Å². The number of benzene rings is 3. The van der Waals surface area contributed by atoms with Crippen molar-refractivity contribution < 1.29 is 87.5 Å². The van der Waals surface area contributed by atoms with Crippen LogP contribution in [0.2, 0.25) is 0 Å². The molecule has 31 heteroatoms. The number of carboxylic acids is 4. The van der Waals surface area contributed by atoms with E-state index in [9.17, 15) is 67.4 Å². The molecule has 0 heterocycles. The summed E-state index contributed by atoms with van der Waals surface area (Å²) >= 11 is 0. The molecule has 4 rings (SSSR count). The predicted octanol–water partition coefficient (Wildman–Crippen LogP) is 3.93. The van der Waals surface area contributed by atoms with Crippen molar-refractivity contribution >= 4 is 77.1 Å². The van der Waals surface area contributed by atoms with Gasteiger partial charge in [0.2, 0.25) is 41.4 Å². The molecule has 31 nitrogen and oxygen atoms in total. The van der Waals surface area contributed by atoms with Gasteiger partial charge in [0, 0.05) is 39.4 Å². The summed E-state index contributed by atoms with van der Waals surface area (Å²) in [5.41, 5.74) is 34.0. The van der Waals surface area contributed by atoms with Crippen LogP contribution in [-0.4, -0.2) is 184 Å². The monoisotopic (exact) mass is 1490 g/mol. The Bertz CT molecular complexity index is 3200. The van der Waals surface area contributed by atoms with Gasteiger partial charge in [-0.3, -0.25) is 38.4 Å². The zero-order chi connectivity index (χ0) is 80.9. The van der Waals surface area contributed by atoms with Crippen molar-refractivity contribution in [3.63, 3.8) is 0 Å². The van der Waals surface area contributed by atoms with Crippen molar-refractivity contribution in [1.29, 1.82) is 0 Å². The summed E-state index contributed by atoms with van der Waals surface area (Å²) in [4.78, 5) is 148. The number of carboxylic acid groups (broad SMARTS) is 4. The van der Waals surface area contributed by atoms with Gasteiger partial charge in [0.25, 0.3) is 0 Å². The number of fused-ring (bicyclic) bond motifs is 3. The highest BCUT2D eigenvalue weighted by atomic mass is 16.5. The maximum absolute atomic E-state index is 12.2. The molecule has 0 aromatic heterocycles. The molecule has 0 radical (unpaired) electrons. The normalized spacial score (nSPS) is 14.0. The summed E-state index contributed by atoms with van der Waals surface area (Å²) < 4.78 is 5.49. The second-order valence-electron chi connectivity index (χ2n) is 27.3. The van der Waals surface area contributed by atoms with Crippen molar-refractivity contribution in [2.75, 3.05) is 26.2 Å². The maximum atomic E-state index is 12.2. The highest BCUT2D eigenvalue weighted by Crippen LogP contribution is 2.44. The summed E-state index contributed by atoms with van der Waals surface area (Å²) in [6, 6.07) is 17.8. The number of amides is 8. The van der Waals surface area contributed by atoms with Gasteiger partial charge in [-0.1, -0.05) is 160 Å². The number of aliphatic carboxylic acids is 4. The Morgan fingerprint density at radius 3 is 1.07 bits per heavy atom. The minimum atomic E-state index is -1.12. The fraction of sp³-hybridized carbons (Fsp3) is 0.587. The maximum Gasteiger partial charge on any atom is 0.407 e. The lowest BCUT2D eigenvalue weighted by Gasteiger charge is -2.19. The molecular weight excluding hydrogens is 1370 g/mol. The first-order chi connectivity index (χ1) is 49.7. The summed E-state index contributed by atoms with van der Waals surface area (Å²) in [5.74, 6) is -6.89. The van der Waals surface area contributed by atoms with Crippen molar-refractivity contribution in [2.45, 2.75) is 233 Å². The van der Waals surface area contributed by atoms with E-state index in [4.69, 9.17) is 48.7 Å². The first kappa shape index (κ1) is 96.6. The molecule has 3 aromatic carbocycles. The Kier molecular flexibility index (Phi) is 47.8. The molecule has 1 aliphatic rings. The Morgan fingerprint density at radius 2 is 0.726 bits per heavy atom. The molecule has 10 atom stereocenters. The molecule has 8 amide bonds. The number of carbonyl (C=O) groups is 13. The number of nitrogens with one attached hydrogen (secondary N) is 8. The molecule has 22 N–H and O–H groups in total. The molecule has 594 valence electrons. The summed E-state index contributed by atoms with van der Waals surface area (Å²) in [5, 5.41) is 56.8. The van der Waals surface area contributed by atoms with E-state index in [0.29, 0.717) is 58.2 Å². The third-order valence-electron chi connectivity index (χ3n) is 16.9. The van der Waals surface area contributed by atoms with E-state index in [2.05, 4.69) is 66.8 Å². The standard InChI is InChI=1S/C26H33N3O5.C16H23N3O4.C12H23N3O4.C12H24N2O3.C9H18N2O2/c1-16(2)23(27)24(30)29-22(25(31)32)13-7-8-14-28-26(33)34-15-21-19-11-5-3-9-17(19)18-10-4-6-12-20(18)21;1-11(20)18-9-5-8-14(16(22)23)19-15(21)13(17)10-12-6-3-2-4-7-12;1-7(2)10(13)11(17)15-9(12(18)19)5-4-6-14-8(3)16;1-4-5-6-7-9(12(16)17)14-11(15)10(13)8(2)3;1-5(2)8(10)9(13)11-6(3)7(4)12/h3-6,9-12,16,21-23H,7-8,13-15,27H2,1-2H3,(H,28,33)(H,29,30)(H,31,32);2-4,6-7,13-14H,5,8-10,17H2,1H3,(H,18,20)(H,19,21)(H,22,23);7,9-10H,4-6,13H2,1-3H3,(H,14,16)(H,15,17)(H,18,19);8-10H,4-7,13H2,1-3H3,(H,14,15)(H,16,17);5-6,8H,10H2,1-4H3,(H,11,13)/t22-,23-;13-,14-;2*9-,10-;6-,8-/m00000/s1. The predicted molar refractivity (Wildman–Crippen MR) is 403 cm³/mol. The zero-order valence-corrected chi connectivity index (χ0v) is 63.9. The molecule has 0 unspecified atom stereocenters. The SMILES string of the molecule is CC(=O)NCCC[C@H](NC(=O)[C@@H](N)C(C)C)C(=O)O.CC(=O)NCCC[C@H](NC(=O)[C@@H](N)Cc1ccccc1)C(=O)O.CC(=O)[C@H](C)NC(=O)[C@@H](N)C(C)C.CC(C)[C@H](N)C(=O)N[C@@H](CCCCNC(=O)OCC1c2ccccc2-c2ccccc21)C(=O)O.CCCCC[C@H](NC(=O)[C@@H](N)C(C)C)C(=O)O. The van der Waals surface area contributed by atoms with Crippen LogP contribution in [-0.2, 0) is 68.7 Å². The molecule has 3 aromatic rings. The highest BCUT2D eigenvalue weighted by molar-refractivity contribution is 5.91. The van der Waals surface area contributed by atoms with Crippen LogP contribution in [0, 0.1) is 23.7 Å². The Labute approximate surface area is 623 Å². The van der Waals surface area contributed by atoms with Gasteiger partial charge in [0.1, 0.15) is 30.8 Å². The van der Waals surface area contributed by atoms with E-state index in [1.54, 1.807) is 34.6 Å². The van der Waals surface area contributed by atoms with Crippen molar-refractivity contribution in [3.05, 3.63) is 95.6 Å². The van der Waals surface area contributed by atoms with Crippen LogP contribution in [0.1, 0.15) is 183 Å². The molecular formula is C75H121N13O18. The van der Waals surface area contributed by atoms with Gasteiger partial charge in [0.05, 0.1) is 36.3 Å². The second-order valence-corrected chi connectivity index (χ2v) is 27.3. The minimum Gasteiger partial charge on any atom is -0.480 e. The third kappa shape index (κ3) is 39.6. The average molecular weight is 1490 g/mol. The van der Waals surface area contributed by atoms with E-state index >= 15 is 0 Å². The van der Waals surface area contributed by atoms with Crippen molar-refractivity contribution in [2.24, 2.45) is 52.3 Å². The molecule has 1 aliphatic carbocycles. The van der Waals surface area contributed by atoms with Crippen LogP contribution in [0.15, 0.2) is 78.9 Å². The quantitative estimate of drug-likeness (QED) is 0.0359. The zero-order valence-electron chi connectivity index (χ0n) is 63.9. The molecule has 0 bridgehead atoms. The van der Waals surface area contributed by atoms with E-state index in [0.717, 1.165) is 36.0 Å². The van der Waals surface area contributed by atoms with Crippen LogP contribution in [0.4, 0.5) is 4.79 Å². The topological polar surface area (TPSA) is 538 Å². The minimum absolute atomic E-state index is 0.0000803. The summed E-state index contributed by atoms with van der Waals surface area (Å²) in [6.45, 7) is 23.8. The Morgan fingerprint density at radius 1 is 0.406 bits per heavy atom. The fourth-order valence-electron chi connectivity index (χ4n) is 9.75. The average Bonchev–Trinajstić information content (AvgIpc) is 1.62. The number of nitrogens with two attached hydrogens (primary N) is 5. The Hall–Kier alpha value is -9.43. The number of Topliss-reactive ketones (excluding diaryl/α,β-unsaturated/α-hetero) is 1. The largest absolute Gasteiger partial charge is 0.480 e. The number of hydrogen-bond donors (Lipinski definition) is 17. The third-order valence-corrected chi connectivity index (χ3v) is 16.9. The van der Waals surface area contributed by atoms with E-state index in [-0.39, 0.29) is 84.9 Å². The van der Waals surface area contributed by atoms with E-state index < -0.39 is 108 Å². The van der Waals surface area contributed by atoms with Crippen LogP contribution in [0.5, 0.6) is 0 Å². The number of carbonyl (C=O) groups excluding carboxylic acids is 9. The summed E-state index contributed by atoms with van der Waals surface area (Å²) in [6.07, 6.45) is 5.77. The van der Waals surface area contributed by atoms with Gasteiger partial charge in [0.15, 0.2) is 5.78 Å². The van der Waals surface area contributed by atoms with Gasteiger partial charge < -0.3 is 96.4 Å². The fourth-order valence-corrected chi connectivity index (χ4v) is 9.75. The number of ether oxygens (including phenoxy) is 1. The van der Waals surface area contributed by atoms with Crippen LogP contribution >= 0.6 is 0 Å². The van der Waals surface area contributed by atoms with Crippen LogP contribution in [0.3, 0.4) is 0 Å². The first-order valence-electron chi connectivity index (χ1n) is 36.0. The number of rotatable bonds is 40. The molecule has 0 saturated carbocycles. The van der Waals surface area contributed by atoms with E-state index in [1.165, 1.54) is 31.9 Å². The van der Waals surface area contributed by atoms with Crippen molar-refractivity contribution in [1.82, 2.24) is 42.5 Å². The molecule has 0 fully saturated rings. The van der Waals surface area contributed by atoms with Crippen LogP contribution in [0.25, 0.3) is 11.1 Å². The number of unbranched alkanes of at least 4 members (excludes halogenated alkanes) is 3. The lowest BCUT2D eigenvalue weighted by atomic mass is 9.98. The van der Waals surface area contributed by atoms with Gasteiger partial charge in [-0.15, -0.1) is 0 Å². The summed E-state index contributed by atoms with van der Waals surface area (Å²) in [7, 11) is 0. The number of alkyl carbamates (subject to hydrolysis) is 1. The molecule has 0 aliphatic heterocycles. The van der Waals surface area contributed by atoms with Gasteiger partial charge in [-0.05, 0) is 123 Å². The molecule has 0 saturated heterocycles. The lowest BCUT2D eigenvalue weighted by molar-refractivity contribution is -0.142. The first-order valence-corrected chi connectivity index (χ1v) is 36.0. The van der Waals surface area contributed by atoms with Gasteiger partial charge in [-0.2, -0.15) is 0 Å². The Balaban J connectivity index is 0.00000136. The smallest absolute Gasteiger partial charge is 0.407 e. The highest BCUT2D eigenvalue weighted by Gasteiger charge is 2.31. The van der Waals surface area contributed by atoms with Gasteiger partial charge in [-0.25, -0.2) is 24.0 Å². The number of ketones is 1. The second kappa shape index (κ2) is 52.5. The lowest BCUT2D eigenvalue weighted by Crippen LogP contribution is -2.50. The number of hydrogen-bond acceptors (Lipinski definition) is 19.